The number of hydrogen-bond acceptors (Lipinski definition) is 5. The standard InChI is InChI=1S/C16H21N3O4S/c17-15(22)14-10-3-1-2-4-11(10)24-16(14)18-12(20)9-13(21)19-5-7-23-8-6-19/h1-9H2,(H2,17,22)(H,18,20). The van der Waals surface area contributed by atoms with Gasteiger partial charge in [0.2, 0.25) is 11.8 Å². The number of thiophene rings is 1. The fraction of sp³-hybridized carbons (Fsp3) is 0.562. The molecule has 1 aliphatic carbocycles. The van der Waals surface area contributed by atoms with Crippen LogP contribution >= 0.6 is 11.3 Å². The first kappa shape index (κ1) is 16.9. The molecule has 0 atom stereocenters. The molecule has 1 fully saturated rings. The van der Waals surface area contributed by atoms with E-state index in [0.717, 1.165) is 36.1 Å². The van der Waals surface area contributed by atoms with E-state index in [2.05, 4.69) is 5.32 Å². The van der Waals surface area contributed by atoms with E-state index < -0.39 is 11.8 Å². The second kappa shape index (κ2) is 7.31. The number of anilines is 1. The van der Waals surface area contributed by atoms with Crippen molar-refractivity contribution >= 4 is 34.1 Å². The lowest BCUT2D eigenvalue weighted by Crippen LogP contribution is -2.42. The molecule has 8 heteroatoms. The summed E-state index contributed by atoms with van der Waals surface area (Å²) in [7, 11) is 0. The number of amides is 3. The minimum absolute atomic E-state index is 0.224. The van der Waals surface area contributed by atoms with Crippen LogP contribution in [0.3, 0.4) is 0 Å². The van der Waals surface area contributed by atoms with E-state index >= 15 is 0 Å². The van der Waals surface area contributed by atoms with Crippen LogP contribution in [0.1, 0.15) is 40.1 Å². The zero-order valence-corrected chi connectivity index (χ0v) is 14.2. The van der Waals surface area contributed by atoms with Crippen LogP contribution in [0.5, 0.6) is 0 Å². The number of ether oxygens (including phenoxy) is 1. The number of fused-ring (bicyclic) bond motifs is 1. The molecule has 24 heavy (non-hydrogen) atoms. The zero-order chi connectivity index (χ0) is 17.1. The molecule has 3 amide bonds. The quantitative estimate of drug-likeness (QED) is 0.787. The van der Waals surface area contributed by atoms with Crippen LogP contribution in [0.2, 0.25) is 0 Å². The number of nitrogens with one attached hydrogen (secondary N) is 1. The van der Waals surface area contributed by atoms with Crippen molar-refractivity contribution in [1.82, 2.24) is 4.90 Å². The number of carbonyl (C=O) groups excluding carboxylic acids is 3. The number of aryl methyl sites for hydroxylation is 1. The molecule has 1 aromatic heterocycles. The van der Waals surface area contributed by atoms with Gasteiger partial charge in [0.25, 0.3) is 5.91 Å². The van der Waals surface area contributed by atoms with Crippen LogP contribution in [0.25, 0.3) is 0 Å². The van der Waals surface area contributed by atoms with Gasteiger partial charge in [0.1, 0.15) is 11.4 Å². The van der Waals surface area contributed by atoms with Crippen LogP contribution in [0.4, 0.5) is 5.00 Å². The maximum Gasteiger partial charge on any atom is 0.251 e. The minimum Gasteiger partial charge on any atom is -0.378 e. The van der Waals surface area contributed by atoms with Crippen molar-refractivity contribution in [3.8, 4) is 0 Å². The Hall–Kier alpha value is -1.93. The van der Waals surface area contributed by atoms with E-state index in [0.29, 0.717) is 36.9 Å². The lowest BCUT2D eigenvalue weighted by molar-refractivity contribution is -0.138. The summed E-state index contributed by atoms with van der Waals surface area (Å²) >= 11 is 1.40. The molecule has 3 rings (SSSR count). The SMILES string of the molecule is NC(=O)c1c(NC(=O)CC(=O)N2CCOCC2)sc2c1CCCC2. The number of rotatable bonds is 4. The molecule has 0 bridgehead atoms. The fourth-order valence-corrected chi connectivity index (χ4v) is 4.46. The molecule has 0 saturated carbocycles. The molecular weight excluding hydrogens is 330 g/mol. The smallest absolute Gasteiger partial charge is 0.251 e. The first-order valence-electron chi connectivity index (χ1n) is 8.16. The van der Waals surface area contributed by atoms with E-state index in [4.69, 9.17) is 10.5 Å². The number of morpholine rings is 1. The molecule has 7 nitrogen and oxygen atoms in total. The first-order valence-corrected chi connectivity index (χ1v) is 8.97. The highest BCUT2D eigenvalue weighted by Crippen LogP contribution is 2.37. The largest absolute Gasteiger partial charge is 0.378 e. The highest BCUT2D eigenvalue weighted by atomic mass is 32.1. The molecule has 1 aromatic rings. The van der Waals surface area contributed by atoms with Crippen molar-refractivity contribution in [2.24, 2.45) is 5.73 Å². The molecule has 2 aliphatic rings. The molecule has 2 heterocycles. The summed E-state index contributed by atoms with van der Waals surface area (Å²) in [6, 6.07) is 0. The Kier molecular flexibility index (Phi) is 5.15. The molecule has 0 spiro atoms. The van der Waals surface area contributed by atoms with Gasteiger partial charge in [0.15, 0.2) is 0 Å². The summed E-state index contributed by atoms with van der Waals surface area (Å²) in [5, 5.41) is 3.20. The van der Waals surface area contributed by atoms with Crippen LogP contribution in [-0.2, 0) is 27.2 Å². The highest BCUT2D eigenvalue weighted by molar-refractivity contribution is 7.17. The van der Waals surface area contributed by atoms with Gasteiger partial charge >= 0.3 is 0 Å². The Labute approximate surface area is 144 Å². The summed E-state index contributed by atoms with van der Waals surface area (Å²) in [6.07, 6.45) is 3.58. The van der Waals surface area contributed by atoms with Crippen molar-refractivity contribution in [2.45, 2.75) is 32.1 Å². The predicted molar refractivity (Wildman–Crippen MR) is 90.1 cm³/mol. The second-order valence-corrected chi connectivity index (χ2v) is 7.10. The van der Waals surface area contributed by atoms with Gasteiger partial charge in [0, 0.05) is 18.0 Å². The molecule has 0 aromatic carbocycles. The topological polar surface area (TPSA) is 102 Å². The van der Waals surface area contributed by atoms with Gasteiger partial charge in [-0.1, -0.05) is 0 Å². The third kappa shape index (κ3) is 3.59. The van der Waals surface area contributed by atoms with Crippen LogP contribution in [0.15, 0.2) is 0 Å². The average Bonchev–Trinajstić information content (AvgIpc) is 2.93. The van der Waals surface area contributed by atoms with E-state index in [1.54, 1.807) is 4.90 Å². The van der Waals surface area contributed by atoms with Gasteiger partial charge in [-0.05, 0) is 31.2 Å². The summed E-state index contributed by atoms with van der Waals surface area (Å²) in [5.41, 5.74) is 6.89. The number of hydrogen-bond donors (Lipinski definition) is 2. The molecule has 1 aliphatic heterocycles. The van der Waals surface area contributed by atoms with E-state index in [9.17, 15) is 14.4 Å². The van der Waals surface area contributed by atoms with Crippen molar-refractivity contribution < 1.29 is 19.1 Å². The predicted octanol–water partition coefficient (Wildman–Crippen LogP) is 0.913. The normalized spacial score (nSPS) is 17.2. The Balaban J connectivity index is 1.69. The third-order valence-electron chi connectivity index (χ3n) is 4.35. The first-order chi connectivity index (χ1) is 11.6. The molecule has 1 saturated heterocycles. The lowest BCUT2D eigenvalue weighted by atomic mass is 9.95. The monoisotopic (exact) mass is 351 g/mol. The van der Waals surface area contributed by atoms with Gasteiger partial charge in [0.05, 0.1) is 18.8 Å². The summed E-state index contributed by atoms with van der Waals surface area (Å²) < 4.78 is 5.19. The third-order valence-corrected chi connectivity index (χ3v) is 5.55. The lowest BCUT2D eigenvalue weighted by Gasteiger charge is -2.26. The molecule has 0 unspecified atom stereocenters. The fourth-order valence-electron chi connectivity index (χ4n) is 3.15. The van der Waals surface area contributed by atoms with Gasteiger partial charge in [-0.15, -0.1) is 11.3 Å². The maximum absolute atomic E-state index is 12.2. The molecule has 130 valence electrons. The number of carbonyl (C=O) groups is 3. The number of nitrogens with two attached hydrogens (primary N) is 1. The van der Waals surface area contributed by atoms with Crippen molar-refractivity contribution in [1.29, 1.82) is 0 Å². The van der Waals surface area contributed by atoms with E-state index in [1.165, 1.54) is 11.3 Å². The van der Waals surface area contributed by atoms with Crippen LogP contribution in [-0.4, -0.2) is 48.9 Å². The van der Waals surface area contributed by atoms with Gasteiger partial charge < -0.3 is 20.7 Å². The molecular formula is C16H21N3O4S. The zero-order valence-electron chi connectivity index (χ0n) is 13.4. The Morgan fingerprint density at radius 3 is 2.58 bits per heavy atom. The van der Waals surface area contributed by atoms with E-state index in [1.807, 2.05) is 0 Å². The van der Waals surface area contributed by atoms with Crippen molar-refractivity contribution in [3.05, 3.63) is 16.0 Å². The summed E-state index contributed by atoms with van der Waals surface area (Å²) in [6.45, 7) is 2.01. The summed E-state index contributed by atoms with van der Waals surface area (Å²) in [5.74, 6) is -1.16. The number of primary amides is 1. The molecule has 0 radical (unpaired) electrons. The van der Waals surface area contributed by atoms with Crippen molar-refractivity contribution in [2.75, 3.05) is 31.6 Å². The molecule has 3 N–H and O–H groups in total. The van der Waals surface area contributed by atoms with Crippen molar-refractivity contribution in [3.63, 3.8) is 0 Å². The Morgan fingerprint density at radius 2 is 1.88 bits per heavy atom. The van der Waals surface area contributed by atoms with Gasteiger partial charge in [-0.3, -0.25) is 14.4 Å². The Bertz CT molecular complexity index is 665. The Morgan fingerprint density at radius 1 is 1.17 bits per heavy atom. The highest BCUT2D eigenvalue weighted by Gasteiger charge is 2.26. The minimum atomic E-state index is -0.524. The van der Waals surface area contributed by atoms with Gasteiger partial charge in [-0.25, -0.2) is 0 Å². The second-order valence-electron chi connectivity index (χ2n) is 6.00. The summed E-state index contributed by atoms with van der Waals surface area (Å²) in [4.78, 5) is 38.9. The number of nitrogens with zero attached hydrogens (tertiary/aromatic N) is 1. The van der Waals surface area contributed by atoms with E-state index in [-0.39, 0.29) is 12.3 Å². The maximum atomic E-state index is 12.2. The van der Waals surface area contributed by atoms with Crippen LogP contribution < -0.4 is 11.1 Å². The average molecular weight is 351 g/mol. The van der Waals surface area contributed by atoms with Gasteiger partial charge in [-0.2, -0.15) is 0 Å². The van der Waals surface area contributed by atoms with Crippen LogP contribution in [0, 0.1) is 0 Å².